The molecule has 0 saturated carbocycles. The fourth-order valence-corrected chi connectivity index (χ4v) is 10.7. The van der Waals surface area contributed by atoms with Gasteiger partial charge in [-0.05, 0) is 46.8 Å². The van der Waals surface area contributed by atoms with Crippen molar-refractivity contribution < 1.29 is 23.5 Å². The Morgan fingerprint density at radius 2 is 1.48 bits per heavy atom. The second-order valence-corrected chi connectivity index (χ2v) is 16.0. The summed E-state index contributed by atoms with van der Waals surface area (Å²) in [5, 5.41) is 2.00. The van der Waals surface area contributed by atoms with Gasteiger partial charge in [-0.2, -0.15) is 0 Å². The van der Waals surface area contributed by atoms with Crippen molar-refractivity contribution in [3.8, 4) is 0 Å². The largest absolute Gasteiger partial charge is 0.450 e. The van der Waals surface area contributed by atoms with Crippen LogP contribution < -0.4 is 10.4 Å². The number of carbonyl (C=O) groups is 2. The molecule has 0 bridgehead atoms. The summed E-state index contributed by atoms with van der Waals surface area (Å²) in [7, 11) is -2.97. The second kappa shape index (κ2) is 11.1. The fourth-order valence-electron chi connectivity index (χ4n) is 6.09. The zero-order valence-electron chi connectivity index (χ0n) is 23.6. The Morgan fingerprint density at radius 1 is 0.925 bits per heavy atom. The van der Waals surface area contributed by atoms with Gasteiger partial charge in [0.05, 0.1) is 6.04 Å². The lowest BCUT2D eigenvalue weighted by atomic mass is 9.95. The third kappa shape index (κ3) is 5.23. The first kappa shape index (κ1) is 27.9. The molecule has 6 nitrogen and oxygen atoms in total. The molecule has 7 heteroatoms. The maximum atomic E-state index is 13.9. The molecule has 1 fully saturated rings. The number of ether oxygens (including phenoxy) is 2. The molecular weight excluding hydrogens is 518 g/mol. The third-order valence-electron chi connectivity index (χ3n) is 8.01. The number of hydrogen-bond acceptors (Lipinski definition) is 5. The molecule has 3 aromatic rings. The average molecular weight is 556 g/mol. The van der Waals surface area contributed by atoms with Crippen LogP contribution in [-0.4, -0.2) is 43.2 Å². The standard InChI is InChI=1S/C33H37NO5Si/c1-32(2,3)40(26-16-10-6-11-17-26,27-18-12-7-13-19-27)39-29-21-20-28(33(4)23-22-30(35)38-33)34(29)31(36)37-24-25-14-8-5-9-15-25/h5-19,22-23,28-29H,20-21,24H2,1-4H3/t28-,29-,33?/m0/s1. The van der Waals surface area contributed by atoms with Crippen molar-refractivity contribution in [1.29, 1.82) is 0 Å². The first-order chi connectivity index (χ1) is 19.1. The minimum Gasteiger partial charge on any atom is -0.450 e. The van der Waals surface area contributed by atoms with E-state index in [1.54, 1.807) is 11.0 Å². The number of benzene rings is 3. The van der Waals surface area contributed by atoms with Crippen molar-refractivity contribution in [1.82, 2.24) is 4.90 Å². The van der Waals surface area contributed by atoms with E-state index in [2.05, 4.69) is 45.0 Å². The van der Waals surface area contributed by atoms with E-state index in [4.69, 9.17) is 13.9 Å². The molecule has 0 spiro atoms. The molecule has 0 N–H and O–H groups in total. The molecule has 0 aliphatic carbocycles. The predicted molar refractivity (Wildman–Crippen MR) is 158 cm³/mol. The van der Waals surface area contributed by atoms with Crippen LogP contribution >= 0.6 is 0 Å². The zero-order valence-corrected chi connectivity index (χ0v) is 24.6. The van der Waals surface area contributed by atoms with Crippen molar-refractivity contribution in [2.45, 2.75) is 70.1 Å². The molecule has 2 aliphatic rings. The Bertz CT molecular complexity index is 1320. The van der Waals surface area contributed by atoms with Crippen LogP contribution in [0.5, 0.6) is 0 Å². The van der Waals surface area contributed by atoms with Gasteiger partial charge in [0.25, 0.3) is 8.32 Å². The molecule has 5 rings (SSSR count). The number of carbonyl (C=O) groups excluding carboxylic acids is 2. The lowest BCUT2D eigenvalue weighted by molar-refractivity contribution is -0.149. The molecule has 1 unspecified atom stereocenters. The van der Waals surface area contributed by atoms with Gasteiger partial charge in [-0.1, -0.05) is 112 Å². The van der Waals surface area contributed by atoms with Crippen LogP contribution in [0.1, 0.15) is 46.1 Å². The summed E-state index contributed by atoms with van der Waals surface area (Å²) in [5.41, 5.74) is -0.0682. The molecule has 3 aromatic carbocycles. The Balaban J connectivity index is 1.56. The predicted octanol–water partition coefficient (Wildman–Crippen LogP) is 5.56. The van der Waals surface area contributed by atoms with Gasteiger partial charge < -0.3 is 13.9 Å². The highest BCUT2D eigenvalue weighted by atomic mass is 28.4. The van der Waals surface area contributed by atoms with Crippen molar-refractivity contribution in [3.05, 3.63) is 109 Å². The van der Waals surface area contributed by atoms with Gasteiger partial charge in [0.1, 0.15) is 18.4 Å². The molecule has 208 valence electrons. The minimum atomic E-state index is -2.97. The number of cyclic esters (lactones) is 1. The number of amides is 1. The molecule has 2 aliphatic heterocycles. The van der Waals surface area contributed by atoms with E-state index in [9.17, 15) is 9.59 Å². The molecule has 3 atom stereocenters. The van der Waals surface area contributed by atoms with Crippen molar-refractivity contribution in [3.63, 3.8) is 0 Å². The Labute approximate surface area is 237 Å². The molecule has 0 aromatic heterocycles. The number of nitrogens with zero attached hydrogens (tertiary/aromatic N) is 1. The van der Waals surface area contributed by atoms with Gasteiger partial charge in [0.2, 0.25) is 0 Å². The van der Waals surface area contributed by atoms with Crippen LogP contribution in [0.25, 0.3) is 0 Å². The lowest BCUT2D eigenvalue weighted by Crippen LogP contribution is -2.69. The highest BCUT2D eigenvalue weighted by molar-refractivity contribution is 6.99. The Kier molecular flexibility index (Phi) is 7.71. The van der Waals surface area contributed by atoms with E-state index in [-0.39, 0.29) is 11.6 Å². The zero-order chi connectivity index (χ0) is 28.4. The SMILES string of the molecule is CC1([C@@H]2CC[C@H](O[Si](c3ccccc3)(c3ccccc3)C(C)(C)C)N2C(=O)OCc2ccccc2)C=CC(=O)O1. The van der Waals surface area contributed by atoms with Crippen LogP contribution in [0.4, 0.5) is 4.79 Å². The monoisotopic (exact) mass is 555 g/mol. The first-order valence-corrected chi connectivity index (χ1v) is 15.7. The van der Waals surface area contributed by atoms with E-state index in [1.807, 2.05) is 73.7 Å². The minimum absolute atomic E-state index is 0.140. The number of rotatable bonds is 7. The topological polar surface area (TPSA) is 65.1 Å². The van der Waals surface area contributed by atoms with Gasteiger partial charge in [0, 0.05) is 6.08 Å². The summed E-state index contributed by atoms with van der Waals surface area (Å²) in [5.74, 6) is -0.406. The highest BCUT2D eigenvalue weighted by Gasteiger charge is 2.57. The maximum absolute atomic E-state index is 13.9. The molecular formula is C33H37NO5Si. The first-order valence-electron chi connectivity index (χ1n) is 13.8. The molecule has 1 saturated heterocycles. The molecule has 2 heterocycles. The summed E-state index contributed by atoms with van der Waals surface area (Å²) in [6, 6.07) is 29.9. The maximum Gasteiger partial charge on any atom is 0.412 e. The van der Waals surface area contributed by atoms with Gasteiger partial charge in [-0.3, -0.25) is 4.90 Å². The fraction of sp³-hybridized carbons (Fsp3) is 0.333. The quantitative estimate of drug-likeness (QED) is 0.282. The van der Waals surface area contributed by atoms with Gasteiger partial charge in [0.15, 0.2) is 0 Å². The summed E-state index contributed by atoms with van der Waals surface area (Å²) in [6.45, 7) is 8.63. The Morgan fingerprint density at radius 3 is 1.98 bits per heavy atom. The third-order valence-corrected chi connectivity index (χ3v) is 13.0. The summed E-state index contributed by atoms with van der Waals surface area (Å²) >= 11 is 0. The van der Waals surface area contributed by atoms with Crippen LogP contribution in [-0.2, 0) is 25.3 Å². The second-order valence-electron chi connectivity index (χ2n) is 11.7. The summed E-state index contributed by atoms with van der Waals surface area (Å²) in [4.78, 5) is 27.7. The van der Waals surface area contributed by atoms with Crippen LogP contribution in [0.3, 0.4) is 0 Å². The van der Waals surface area contributed by atoms with E-state index in [1.165, 1.54) is 6.08 Å². The van der Waals surface area contributed by atoms with Crippen molar-refractivity contribution in [2.75, 3.05) is 0 Å². The number of hydrogen-bond donors (Lipinski definition) is 0. The Hall–Kier alpha value is -3.68. The van der Waals surface area contributed by atoms with Crippen LogP contribution in [0, 0.1) is 0 Å². The number of esters is 1. The molecule has 1 amide bonds. The summed E-state index contributed by atoms with van der Waals surface area (Å²) < 4.78 is 19.0. The molecule has 40 heavy (non-hydrogen) atoms. The highest BCUT2D eigenvalue weighted by Crippen LogP contribution is 2.43. The van der Waals surface area contributed by atoms with Gasteiger partial charge in [-0.15, -0.1) is 0 Å². The number of likely N-dealkylation sites (tertiary alicyclic amines) is 1. The smallest absolute Gasteiger partial charge is 0.412 e. The van der Waals surface area contributed by atoms with Crippen molar-refractivity contribution in [2.24, 2.45) is 0 Å². The van der Waals surface area contributed by atoms with Crippen molar-refractivity contribution >= 4 is 30.8 Å². The molecule has 0 radical (unpaired) electrons. The van der Waals surface area contributed by atoms with E-state index in [0.717, 1.165) is 15.9 Å². The van der Waals surface area contributed by atoms with E-state index < -0.39 is 38.3 Å². The summed E-state index contributed by atoms with van der Waals surface area (Å²) in [6.07, 6.45) is 3.34. The van der Waals surface area contributed by atoms with E-state index >= 15 is 0 Å². The van der Waals surface area contributed by atoms with E-state index in [0.29, 0.717) is 12.8 Å². The van der Waals surface area contributed by atoms with Crippen LogP contribution in [0.2, 0.25) is 5.04 Å². The average Bonchev–Trinajstić information content (AvgIpc) is 3.54. The van der Waals surface area contributed by atoms with Gasteiger partial charge in [-0.25, -0.2) is 9.59 Å². The van der Waals surface area contributed by atoms with Crippen LogP contribution in [0.15, 0.2) is 103 Å². The normalized spacial score (nSPS) is 22.8. The lowest BCUT2D eigenvalue weighted by Gasteiger charge is -2.46. The van der Waals surface area contributed by atoms with Gasteiger partial charge >= 0.3 is 12.1 Å².